The number of rotatable bonds is 2. The number of pyridine rings is 1. The molecule has 14 heavy (non-hydrogen) atoms. The lowest BCUT2D eigenvalue weighted by Gasteiger charge is -1.99. The minimum absolute atomic E-state index is 0.255. The molecule has 2 aromatic heterocycles. The molecule has 0 aliphatic rings. The quantitative estimate of drug-likeness (QED) is 0.548. The summed E-state index contributed by atoms with van der Waals surface area (Å²) < 4.78 is 1.40. The fraction of sp³-hybridized carbons (Fsp3) is 0. The molecule has 0 fully saturated rings. The Labute approximate surface area is 84.3 Å². The van der Waals surface area contributed by atoms with Crippen molar-refractivity contribution in [3.05, 3.63) is 35.4 Å². The van der Waals surface area contributed by atoms with Crippen molar-refractivity contribution < 1.29 is 4.79 Å². The number of nitrogens with zero attached hydrogens (tertiary/aromatic N) is 4. The predicted molar refractivity (Wildman–Crippen MR) is 49.6 cm³/mol. The molecule has 0 atom stereocenters. The van der Waals surface area contributed by atoms with Gasteiger partial charge < -0.3 is 0 Å². The fourth-order valence-corrected chi connectivity index (χ4v) is 1.20. The van der Waals surface area contributed by atoms with Crippen LogP contribution < -0.4 is 0 Å². The van der Waals surface area contributed by atoms with Crippen molar-refractivity contribution in [1.29, 1.82) is 0 Å². The maximum atomic E-state index is 10.4. The average Bonchev–Trinajstić information content (AvgIpc) is 2.67. The summed E-state index contributed by atoms with van der Waals surface area (Å²) in [4.78, 5) is 14.3. The summed E-state index contributed by atoms with van der Waals surface area (Å²) in [6.07, 6.45) is 3.67. The van der Waals surface area contributed by atoms with Crippen LogP contribution in [-0.2, 0) is 0 Å². The Balaban J connectivity index is 2.49. The summed E-state index contributed by atoms with van der Waals surface area (Å²) in [6, 6.07) is 3.46. The van der Waals surface area contributed by atoms with E-state index >= 15 is 0 Å². The van der Waals surface area contributed by atoms with Gasteiger partial charge >= 0.3 is 0 Å². The first kappa shape index (κ1) is 8.83. The van der Waals surface area contributed by atoms with Crippen molar-refractivity contribution in [1.82, 2.24) is 20.0 Å². The van der Waals surface area contributed by atoms with Gasteiger partial charge in [-0.15, -0.1) is 5.10 Å². The van der Waals surface area contributed by atoms with E-state index in [9.17, 15) is 4.79 Å². The van der Waals surface area contributed by atoms with Crippen LogP contribution in [-0.4, -0.2) is 26.3 Å². The molecular weight excluding hydrogens is 204 g/mol. The van der Waals surface area contributed by atoms with Crippen molar-refractivity contribution in [3.63, 3.8) is 0 Å². The Hall–Kier alpha value is -1.75. The van der Waals surface area contributed by atoms with Crippen LogP contribution in [0.3, 0.4) is 0 Å². The Bertz CT molecular complexity index is 468. The van der Waals surface area contributed by atoms with Crippen molar-refractivity contribution in [2.45, 2.75) is 0 Å². The highest BCUT2D eigenvalue weighted by Gasteiger charge is 2.05. The van der Waals surface area contributed by atoms with E-state index in [1.54, 1.807) is 18.3 Å². The van der Waals surface area contributed by atoms with Crippen LogP contribution in [0.5, 0.6) is 0 Å². The first-order valence-electron chi connectivity index (χ1n) is 3.79. The van der Waals surface area contributed by atoms with Crippen molar-refractivity contribution in [3.8, 4) is 5.69 Å². The lowest BCUT2D eigenvalue weighted by atomic mass is 10.4. The molecule has 0 N–H and O–H groups in total. The summed E-state index contributed by atoms with van der Waals surface area (Å²) >= 11 is 5.82. The van der Waals surface area contributed by atoms with Gasteiger partial charge in [-0.25, -0.2) is 9.67 Å². The van der Waals surface area contributed by atoms with Crippen molar-refractivity contribution in [2.75, 3.05) is 0 Å². The molecule has 0 spiro atoms. The van der Waals surface area contributed by atoms with Gasteiger partial charge in [0, 0.05) is 6.20 Å². The second-order valence-electron chi connectivity index (χ2n) is 2.52. The van der Waals surface area contributed by atoms with Crippen LogP contribution >= 0.6 is 11.6 Å². The number of hydrogen-bond donors (Lipinski definition) is 0. The zero-order valence-electron chi connectivity index (χ0n) is 6.96. The molecule has 0 saturated carbocycles. The Morgan fingerprint density at radius 3 is 3.00 bits per heavy atom. The van der Waals surface area contributed by atoms with Crippen LogP contribution in [0.1, 0.15) is 10.5 Å². The molecule has 2 rings (SSSR count). The molecule has 0 radical (unpaired) electrons. The molecule has 2 aromatic rings. The zero-order chi connectivity index (χ0) is 9.97. The number of halogens is 1. The Morgan fingerprint density at radius 2 is 2.36 bits per heavy atom. The molecule has 2 heterocycles. The molecule has 0 aliphatic heterocycles. The van der Waals surface area contributed by atoms with Crippen molar-refractivity contribution in [2.24, 2.45) is 0 Å². The van der Waals surface area contributed by atoms with Gasteiger partial charge in [0.05, 0.1) is 6.20 Å². The molecule has 0 unspecified atom stereocenters. The van der Waals surface area contributed by atoms with Gasteiger partial charge in [0.1, 0.15) is 11.4 Å². The van der Waals surface area contributed by atoms with Crippen LogP contribution in [0, 0.1) is 0 Å². The number of aldehydes is 1. The average molecular weight is 209 g/mol. The first-order chi connectivity index (χ1) is 6.81. The highest BCUT2D eigenvalue weighted by atomic mass is 35.5. The van der Waals surface area contributed by atoms with E-state index in [-0.39, 0.29) is 5.69 Å². The monoisotopic (exact) mass is 208 g/mol. The van der Waals surface area contributed by atoms with Crippen LogP contribution in [0.25, 0.3) is 5.69 Å². The lowest BCUT2D eigenvalue weighted by Crippen LogP contribution is -1.96. The number of hydrogen-bond acceptors (Lipinski definition) is 4. The summed E-state index contributed by atoms with van der Waals surface area (Å²) in [6.45, 7) is 0. The minimum Gasteiger partial charge on any atom is -0.296 e. The van der Waals surface area contributed by atoms with Gasteiger partial charge in [-0.2, -0.15) is 0 Å². The van der Waals surface area contributed by atoms with Gasteiger partial charge in [0.25, 0.3) is 0 Å². The normalized spacial score (nSPS) is 10.1. The molecule has 0 amide bonds. The number of aromatic nitrogens is 4. The van der Waals surface area contributed by atoms with Gasteiger partial charge in [-0.05, 0) is 12.1 Å². The summed E-state index contributed by atoms with van der Waals surface area (Å²) in [5.74, 6) is 0. The lowest BCUT2D eigenvalue weighted by molar-refractivity contribution is 0.111. The third-order valence-corrected chi connectivity index (χ3v) is 1.91. The fourth-order valence-electron chi connectivity index (χ4n) is 0.997. The molecule has 5 nitrogen and oxygen atoms in total. The third-order valence-electron chi connectivity index (χ3n) is 1.62. The van der Waals surface area contributed by atoms with E-state index in [1.165, 1.54) is 10.9 Å². The third kappa shape index (κ3) is 1.49. The molecule has 0 saturated heterocycles. The second kappa shape index (κ2) is 3.55. The molecule has 0 bridgehead atoms. The van der Waals surface area contributed by atoms with E-state index < -0.39 is 0 Å². The van der Waals surface area contributed by atoms with E-state index in [1.807, 2.05) is 0 Å². The van der Waals surface area contributed by atoms with Crippen molar-refractivity contribution >= 4 is 17.9 Å². The maximum absolute atomic E-state index is 10.4. The SMILES string of the molecule is O=Cc1cn(-c2cccnc2Cl)nn1. The second-order valence-corrected chi connectivity index (χ2v) is 2.88. The van der Waals surface area contributed by atoms with Gasteiger partial charge in [0.2, 0.25) is 0 Å². The largest absolute Gasteiger partial charge is 0.296 e. The van der Waals surface area contributed by atoms with E-state index in [2.05, 4.69) is 15.3 Å². The molecular formula is C8H5ClN4O. The molecule has 70 valence electrons. The predicted octanol–water partition coefficient (Wildman–Crippen LogP) is 1.13. The van der Waals surface area contributed by atoms with E-state index in [0.29, 0.717) is 17.1 Å². The highest BCUT2D eigenvalue weighted by molar-refractivity contribution is 6.31. The van der Waals surface area contributed by atoms with Gasteiger partial charge in [0.15, 0.2) is 11.4 Å². The number of carbonyl (C=O) groups excluding carboxylic acids is 1. The standard InChI is InChI=1S/C8H5ClN4O/c9-8-7(2-1-3-10-8)13-4-6(5-14)11-12-13/h1-5H. The minimum atomic E-state index is 0.255. The van der Waals surface area contributed by atoms with Crippen LogP contribution in [0.2, 0.25) is 5.15 Å². The van der Waals surface area contributed by atoms with Gasteiger partial charge in [-0.1, -0.05) is 16.8 Å². The Morgan fingerprint density at radius 1 is 1.50 bits per heavy atom. The van der Waals surface area contributed by atoms with Crippen LogP contribution in [0.4, 0.5) is 0 Å². The topological polar surface area (TPSA) is 60.7 Å². The smallest absolute Gasteiger partial charge is 0.171 e. The molecule has 0 aromatic carbocycles. The highest BCUT2D eigenvalue weighted by Crippen LogP contribution is 2.15. The zero-order valence-corrected chi connectivity index (χ0v) is 7.72. The van der Waals surface area contributed by atoms with Crippen LogP contribution in [0.15, 0.2) is 24.5 Å². The first-order valence-corrected chi connectivity index (χ1v) is 4.17. The number of carbonyl (C=O) groups is 1. The van der Waals surface area contributed by atoms with E-state index in [0.717, 1.165) is 0 Å². The summed E-state index contributed by atoms with van der Waals surface area (Å²) in [7, 11) is 0. The van der Waals surface area contributed by atoms with Gasteiger partial charge in [-0.3, -0.25) is 4.79 Å². The Kier molecular flexibility index (Phi) is 2.24. The molecule has 6 heteroatoms. The van der Waals surface area contributed by atoms with E-state index in [4.69, 9.17) is 11.6 Å². The molecule has 0 aliphatic carbocycles. The maximum Gasteiger partial charge on any atom is 0.171 e. The summed E-state index contributed by atoms with van der Waals surface area (Å²) in [5, 5.41) is 7.65. The summed E-state index contributed by atoms with van der Waals surface area (Å²) in [5.41, 5.74) is 0.847.